The molecular formula is C11H12ClN3S. The number of aromatic amines is 1. The molecule has 3 N–H and O–H groups in total. The van der Waals surface area contributed by atoms with Gasteiger partial charge < -0.3 is 10.7 Å². The van der Waals surface area contributed by atoms with Crippen molar-refractivity contribution < 1.29 is 0 Å². The summed E-state index contributed by atoms with van der Waals surface area (Å²) in [7, 11) is 0. The molecular weight excluding hydrogens is 242 g/mol. The second-order valence-corrected chi connectivity index (χ2v) is 4.94. The first kappa shape index (κ1) is 11.5. The number of rotatable bonds is 3. The van der Waals surface area contributed by atoms with E-state index in [1.54, 1.807) is 12.4 Å². The Bertz CT molecular complexity index is 468. The van der Waals surface area contributed by atoms with Crippen molar-refractivity contribution in [2.24, 2.45) is 5.73 Å². The molecule has 0 saturated heterocycles. The summed E-state index contributed by atoms with van der Waals surface area (Å²) in [5, 5.41) is 1.55. The van der Waals surface area contributed by atoms with Crippen molar-refractivity contribution in [3.63, 3.8) is 0 Å². The number of H-pyrrole nitrogens is 1. The average molecular weight is 254 g/mol. The molecule has 3 nitrogen and oxygen atoms in total. The highest BCUT2D eigenvalue weighted by atomic mass is 35.5. The lowest BCUT2D eigenvalue weighted by Crippen LogP contribution is -2.05. The third kappa shape index (κ3) is 2.58. The number of benzene rings is 1. The molecule has 0 spiro atoms. The highest BCUT2D eigenvalue weighted by Gasteiger charge is 2.07. The van der Waals surface area contributed by atoms with Gasteiger partial charge in [-0.1, -0.05) is 29.4 Å². The molecule has 0 aliphatic carbocycles. The van der Waals surface area contributed by atoms with Gasteiger partial charge in [0.15, 0.2) is 5.16 Å². The van der Waals surface area contributed by atoms with E-state index in [1.807, 2.05) is 25.1 Å². The lowest BCUT2D eigenvalue weighted by molar-refractivity contribution is 0.817. The largest absolute Gasteiger partial charge is 0.339 e. The van der Waals surface area contributed by atoms with Crippen LogP contribution in [-0.4, -0.2) is 9.97 Å². The fourth-order valence-electron chi connectivity index (χ4n) is 1.36. The summed E-state index contributed by atoms with van der Waals surface area (Å²) >= 11 is 7.68. The fraction of sp³-hybridized carbons (Fsp3) is 0.182. The van der Waals surface area contributed by atoms with Crippen molar-refractivity contribution in [3.8, 4) is 0 Å². The van der Waals surface area contributed by atoms with Gasteiger partial charge in [-0.3, -0.25) is 0 Å². The zero-order valence-corrected chi connectivity index (χ0v) is 10.3. The first-order valence-corrected chi connectivity index (χ1v) is 6.08. The molecule has 2 aromatic rings. The van der Waals surface area contributed by atoms with Crippen molar-refractivity contribution in [1.29, 1.82) is 0 Å². The standard InChI is InChI=1S/C11H12ClN3S/c1-7(13)9-3-2-8(6-10(9)12)16-11-14-4-5-15-11/h2-7H,13H2,1H3,(H,14,15). The Balaban J connectivity index is 2.21. The van der Waals surface area contributed by atoms with Crippen LogP contribution in [0.5, 0.6) is 0 Å². The molecule has 0 bridgehead atoms. The normalized spacial score (nSPS) is 12.7. The maximum atomic E-state index is 6.14. The van der Waals surface area contributed by atoms with E-state index in [1.165, 1.54) is 11.8 Å². The zero-order valence-electron chi connectivity index (χ0n) is 8.77. The van der Waals surface area contributed by atoms with E-state index in [4.69, 9.17) is 17.3 Å². The first-order valence-electron chi connectivity index (χ1n) is 4.89. The summed E-state index contributed by atoms with van der Waals surface area (Å²) in [4.78, 5) is 8.21. The summed E-state index contributed by atoms with van der Waals surface area (Å²) in [6.07, 6.45) is 3.51. The maximum Gasteiger partial charge on any atom is 0.170 e. The van der Waals surface area contributed by atoms with Crippen LogP contribution < -0.4 is 5.73 Å². The molecule has 5 heteroatoms. The van der Waals surface area contributed by atoms with Crippen LogP contribution in [0.15, 0.2) is 40.6 Å². The van der Waals surface area contributed by atoms with Gasteiger partial charge in [0.25, 0.3) is 0 Å². The minimum absolute atomic E-state index is 0.0461. The average Bonchev–Trinajstić information content (AvgIpc) is 2.70. The Morgan fingerprint density at radius 2 is 2.31 bits per heavy atom. The number of halogens is 1. The van der Waals surface area contributed by atoms with Crippen molar-refractivity contribution in [2.45, 2.75) is 23.0 Å². The maximum absolute atomic E-state index is 6.14. The predicted octanol–water partition coefficient (Wildman–Crippen LogP) is 3.23. The number of nitrogens with zero attached hydrogens (tertiary/aromatic N) is 1. The third-order valence-corrected chi connectivity index (χ3v) is 3.38. The smallest absolute Gasteiger partial charge is 0.170 e. The Labute approximate surface area is 103 Å². The van der Waals surface area contributed by atoms with E-state index in [-0.39, 0.29) is 6.04 Å². The van der Waals surface area contributed by atoms with Gasteiger partial charge in [-0.15, -0.1) is 0 Å². The Hall–Kier alpha value is -0.970. The Morgan fingerprint density at radius 1 is 1.50 bits per heavy atom. The Kier molecular flexibility index (Phi) is 3.53. The van der Waals surface area contributed by atoms with Gasteiger partial charge in [0.1, 0.15) is 0 Å². The summed E-state index contributed by atoms with van der Waals surface area (Å²) < 4.78 is 0. The summed E-state index contributed by atoms with van der Waals surface area (Å²) in [6, 6.07) is 5.82. The Morgan fingerprint density at radius 3 is 2.88 bits per heavy atom. The van der Waals surface area contributed by atoms with E-state index >= 15 is 0 Å². The van der Waals surface area contributed by atoms with Crippen LogP contribution in [0.2, 0.25) is 5.02 Å². The third-order valence-electron chi connectivity index (χ3n) is 2.15. The molecule has 0 amide bonds. The van der Waals surface area contributed by atoms with Gasteiger partial charge in [-0.2, -0.15) is 0 Å². The van der Waals surface area contributed by atoms with Crippen LogP contribution in [-0.2, 0) is 0 Å². The van der Waals surface area contributed by atoms with Crippen LogP contribution in [0.3, 0.4) is 0 Å². The number of imidazole rings is 1. The van der Waals surface area contributed by atoms with Crippen molar-refractivity contribution in [1.82, 2.24) is 9.97 Å². The molecule has 1 aromatic heterocycles. The molecule has 0 saturated carbocycles. The number of nitrogens with one attached hydrogen (secondary N) is 1. The fourth-order valence-corrected chi connectivity index (χ4v) is 2.55. The minimum atomic E-state index is -0.0461. The second-order valence-electron chi connectivity index (χ2n) is 3.47. The monoisotopic (exact) mass is 253 g/mol. The van der Waals surface area contributed by atoms with E-state index < -0.39 is 0 Å². The molecule has 1 heterocycles. The SMILES string of the molecule is CC(N)c1ccc(Sc2ncc[nH]2)cc1Cl. The highest BCUT2D eigenvalue weighted by molar-refractivity contribution is 7.99. The van der Waals surface area contributed by atoms with Gasteiger partial charge in [0, 0.05) is 28.4 Å². The molecule has 1 aromatic carbocycles. The van der Waals surface area contributed by atoms with Crippen LogP contribution in [0, 0.1) is 0 Å². The van der Waals surface area contributed by atoms with E-state index in [2.05, 4.69) is 9.97 Å². The van der Waals surface area contributed by atoms with E-state index in [9.17, 15) is 0 Å². The summed E-state index contributed by atoms with van der Waals surface area (Å²) in [5.41, 5.74) is 6.75. The molecule has 0 aliphatic heterocycles. The number of aromatic nitrogens is 2. The van der Waals surface area contributed by atoms with Crippen molar-refractivity contribution in [2.75, 3.05) is 0 Å². The molecule has 0 aliphatic rings. The van der Waals surface area contributed by atoms with Crippen molar-refractivity contribution in [3.05, 3.63) is 41.2 Å². The van der Waals surface area contributed by atoms with Gasteiger partial charge in [0.2, 0.25) is 0 Å². The lowest BCUT2D eigenvalue weighted by Gasteiger charge is -2.09. The molecule has 16 heavy (non-hydrogen) atoms. The van der Waals surface area contributed by atoms with E-state index in [0.717, 1.165) is 15.6 Å². The van der Waals surface area contributed by atoms with Crippen LogP contribution in [0.4, 0.5) is 0 Å². The molecule has 0 radical (unpaired) electrons. The van der Waals surface area contributed by atoms with Crippen LogP contribution in [0.1, 0.15) is 18.5 Å². The summed E-state index contributed by atoms with van der Waals surface area (Å²) in [5.74, 6) is 0. The second kappa shape index (κ2) is 4.91. The van der Waals surface area contributed by atoms with Gasteiger partial charge in [0.05, 0.1) is 0 Å². The van der Waals surface area contributed by atoms with Gasteiger partial charge in [-0.25, -0.2) is 4.98 Å². The molecule has 1 atom stereocenters. The molecule has 1 unspecified atom stereocenters. The number of hydrogen-bond donors (Lipinski definition) is 2. The lowest BCUT2D eigenvalue weighted by atomic mass is 10.1. The van der Waals surface area contributed by atoms with E-state index in [0.29, 0.717) is 5.02 Å². The molecule has 0 fully saturated rings. The number of nitrogens with two attached hydrogens (primary N) is 1. The zero-order chi connectivity index (χ0) is 11.5. The van der Waals surface area contributed by atoms with Crippen LogP contribution >= 0.6 is 23.4 Å². The van der Waals surface area contributed by atoms with Crippen LogP contribution in [0.25, 0.3) is 0 Å². The molecule has 2 rings (SSSR count). The minimum Gasteiger partial charge on any atom is -0.339 e. The topological polar surface area (TPSA) is 54.7 Å². The first-order chi connectivity index (χ1) is 7.66. The van der Waals surface area contributed by atoms with Gasteiger partial charge >= 0.3 is 0 Å². The van der Waals surface area contributed by atoms with Crippen molar-refractivity contribution >= 4 is 23.4 Å². The predicted molar refractivity (Wildman–Crippen MR) is 66.8 cm³/mol. The summed E-state index contributed by atoms with van der Waals surface area (Å²) in [6.45, 7) is 1.92. The quantitative estimate of drug-likeness (QED) is 0.883. The van der Waals surface area contributed by atoms with Gasteiger partial charge in [-0.05, 0) is 24.6 Å². The number of hydrogen-bond acceptors (Lipinski definition) is 3. The highest BCUT2D eigenvalue weighted by Crippen LogP contribution is 2.30. The molecule has 84 valence electrons.